The van der Waals surface area contributed by atoms with Gasteiger partial charge in [0.05, 0.1) is 25.3 Å². The Balaban J connectivity index is 1.82. The van der Waals surface area contributed by atoms with Gasteiger partial charge in [0.15, 0.2) is 17.1 Å². The minimum atomic E-state index is -4.73. The predicted molar refractivity (Wildman–Crippen MR) is 102 cm³/mol. The van der Waals surface area contributed by atoms with Crippen LogP contribution in [0.3, 0.4) is 0 Å². The zero-order valence-corrected chi connectivity index (χ0v) is 16.0. The van der Waals surface area contributed by atoms with Gasteiger partial charge in [-0.2, -0.15) is 18.3 Å². The van der Waals surface area contributed by atoms with Gasteiger partial charge >= 0.3 is 6.18 Å². The first-order chi connectivity index (χ1) is 14.3. The second-order valence-electron chi connectivity index (χ2n) is 6.09. The topological polar surface area (TPSA) is 81.7 Å². The lowest BCUT2D eigenvalue weighted by Gasteiger charge is -2.11. The van der Waals surface area contributed by atoms with Crippen LogP contribution in [0.25, 0.3) is 17.1 Å². The Morgan fingerprint density at radius 2 is 2.07 bits per heavy atom. The highest BCUT2D eigenvalue weighted by atomic mass is 35.5. The lowest BCUT2D eigenvalue weighted by Crippen LogP contribution is -2.16. The maximum absolute atomic E-state index is 13.6. The Morgan fingerprint density at radius 3 is 2.73 bits per heavy atom. The first kappa shape index (κ1) is 19.8. The number of halogens is 4. The molecule has 3 heterocycles. The molecule has 0 radical (unpaired) electrons. The number of carbonyl (C=O) groups is 1. The zero-order chi connectivity index (χ0) is 21.5. The van der Waals surface area contributed by atoms with Crippen LogP contribution in [0.1, 0.15) is 16.1 Å². The van der Waals surface area contributed by atoms with Crippen molar-refractivity contribution in [3.63, 3.8) is 0 Å². The largest absolute Gasteiger partial charge is 0.495 e. The summed E-state index contributed by atoms with van der Waals surface area (Å²) in [5.74, 6) is -0.315. The average Bonchev–Trinajstić information content (AvgIpc) is 3.37. The Labute approximate surface area is 172 Å². The number of hydrogen-bond acceptors (Lipinski definition) is 5. The molecule has 0 aliphatic heterocycles. The molecule has 7 nitrogen and oxygen atoms in total. The number of methoxy groups -OCH3 is 1. The molecule has 0 spiro atoms. The fourth-order valence-electron chi connectivity index (χ4n) is 2.83. The average molecular weight is 437 g/mol. The van der Waals surface area contributed by atoms with E-state index < -0.39 is 17.8 Å². The number of fused-ring (bicyclic) bond motifs is 1. The molecule has 0 aliphatic carbocycles. The zero-order valence-electron chi connectivity index (χ0n) is 15.2. The number of ether oxygens (including phenoxy) is 1. The highest BCUT2D eigenvalue weighted by Gasteiger charge is 2.36. The summed E-state index contributed by atoms with van der Waals surface area (Å²) in [5.41, 5.74) is -1.34. The summed E-state index contributed by atoms with van der Waals surface area (Å²) in [7, 11) is 1.39. The maximum atomic E-state index is 13.6. The molecule has 1 N–H and O–H groups in total. The summed E-state index contributed by atoms with van der Waals surface area (Å²) >= 11 is 5.90. The number of nitrogens with one attached hydrogen (secondary N) is 1. The first-order valence-corrected chi connectivity index (χ1v) is 8.80. The third-order valence-electron chi connectivity index (χ3n) is 4.19. The fraction of sp³-hybridized carbons (Fsp3) is 0.105. The molecule has 0 atom stereocenters. The molecular weight excluding hydrogens is 425 g/mol. The molecular formula is C19H12ClF3N4O3. The molecule has 4 aromatic rings. The van der Waals surface area contributed by atoms with Gasteiger partial charge in [0, 0.05) is 11.1 Å². The summed E-state index contributed by atoms with van der Waals surface area (Å²) in [6.45, 7) is 0. The van der Waals surface area contributed by atoms with Crippen LogP contribution in [0, 0.1) is 0 Å². The quantitative estimate of drug-likeness (QED) is 0.491. The van der Waals surface area contributed by atoms with E-state index in [9.17, 15) is 18.0 Å². The highest BCUT2D eigenvalue weighted by Crippen LogP contribution is 2.33. The molecule has 0 saturated carbocycles. The van der Waals surface area contributed by atoms with Crippen LogP contribution in [0.2, 0.25) is 5.02 Å². The summed E-state index contributed by atoms with van der Waals surface area (Å²) in [4.78, 5) is 17.0. The van der Waals surface area contributed by atoms with E-state index in [0.29, 0.717) is 9.54 Å². The minimum absolute atomic E-state index is 0.0848. The summed E-state index contributed by atoms with van der Waals surface area (Å²) in [5, 5.41) is 6.68. The minimum Gasteiger partial charge on any atom is -0.495 e. The third-order valence-corrected chi connectivity index (χ3v) is 4.43. The Bertz CT molecular complexity index is 1240. The summed E-state index contributed by atoms with van der Waals surface area (Å²) in [6.07, 6.45) is -2.41. The summed E-state index contributed by atoms with van der Waals surface area (Å²) < 4.78 is 51.7. The van der Waals surface area contributed by atoms with E-state index in [1.54, 1.807) is 0 Å². The number of hydrogen-bond donors (Lipinski definition) is 1. The Morgan fingerprint density at radius 1 is 1.27 bits per heavy atom. The van der Waals surface area contributed by atoms with Crippen LogP contribution >= 0.6 is 11.6 Å². The van der Waals surface area contributed by atoms with Crippen LogP contribution in [0.15, 0.2) is 53.3 Å². The molecule has 0 aliphatic rings. The van der Waals surface area contributed by atoms with Crippen molar-refractivity contribution in [1.82, 2.24) is 14.6 Å². The molecule has 4 rings (SSSR count). The van der Waals surface area contributed by atoms with Crippen molar-refractivity contribution in [3.05, 3.63) is 65.1 Å². The monoisotopic (exact) mass is 436 g/mol. The van der Waals surface area contributed by atoms with Gasteiger partial charge in [-0.1, -0.05) is 11.6 Å². The SMILES string of the molecule is COc1cc(Cl)ccc1NC(=O)c1cnn2c(C(F)(F)F)cc(-c3ccco3)nc12. The van der Waals surface area contributed by atoms with Crippen molar-refractivity contribution in [2.24, 2.45) is 0 Å². The fourth-order valence-corrected chi connectivity index (χ4v) is 3.00. The lowest BCUT2D eigenvalue weighted by atomic mass is 10.2. The molecule has 11 heteroatoms. The van der Waals surface area contributed by atoms with Crippen LogP contribution in [0.4, 0.5) is 18.9 Å². The smallest absolute Gasteiger partial charge is 0.433 e. The highest BCUT2D eigenvalue weighted by molar-refractivity contribution is 6.30. The Hall–Kier alpha value is -3.53. The molecule has 0 fully saturated rings. The molecule has 0 bridgehead atoms. The van der Waals surface area contributed by atoms with Gasteiger partial charge in [-0.15, -0.1) is 0 Å². The lowest BCUT2D eigenvalue weighted by molar-refractivity contribution is -0.142. The maximum Gasteiger partial charge on any atom is 0.433 e. The standard InChI is InChI=1S/C19H12ClF3N4O3/c1-29-15-7-10(20)4-5-12(15)26-18(28)11-9-24-27-16(19(21,22)23)8-13(25-17(11)27)14-3-2-6-30-14/h2-9H,1H3,(H,26,28). The molecule has 30 heavy (non-hydrogen) atoms. The van der Waals surface area contributed by atoms with Gasteiger partial charge in [0.2, 0.25) is 0 Å². The van der Waals surface area contributed by atoms with Crippen molar-refractivity contribution >= 4 is 28.8 Å². The van der Waals surface area contributed by atoms with Crippen LogP contribution < -0.4 is 10.1 Å². The van der Waals surface area contributed by atoms with Crippen molar-refractivity contribution in [1.29, 1.82) is 0 Å². The number of aromatic nitrogens is 3. The van der Waals surface area contributed by atoms with Crippen LogP contribution in [-0.2, 0) is 6.18 Å². The van der Waals surface area contributed by atoms with Crippen molar-refractivity contribution in [2.75, 3.05) is 12.4 Å². The molecule has 1 aromatic carbocycles. The van der Waals surface area contributed by atoms with Crippen molar-refractivity contribution < 1.29 is 27.1 Å². The number of anilines is 1. The van der Waals surface area contributed by atoms with E-state index in [2.05, 4.69) is 15.4 Å². The normalized spacial score (nSPS) is 11.6. The van der Waals surface area contributed by atoms with Gasteiger partial charge in [0.1, 0.15) is 17.0 Å². The van der Waals surface area contributed by atoms with Gasteiger partial charge in [-0.25, -0.2) is 9.50 Å². The molecule has 3 aromatic heterocycles. The summed E-state index contributed by atoms with van der Waals surface area (Å²) in [6, 6.07) is 8.32. The van der Waals surface area contributed by atoms with E-state index in [4.69, 9.17) is 20.8 Å². The van der Waals surface area contributed by atoms with E-state index in [1.165, 1.54) is 43.7 Å². The number of furan rings is 1. The van der Waals surface area contributed by atoms with E-state index in [0.717, 1.165) is 12.3 Å². The number of nitrogens with zero attached hydrogens (tertiary/aromatic N) is 3. The van der Waals surface area contributed by atoms with Crippen LogP contribution in [-0.4, -0.2) is 27.6 Å². The number of carbonyl (C=O) groups excluding carboxylic acids is 1. The van der Waals surface area contributed by atoms with Gasteiger partial charge < -0.3 is 14.5 Å². The third kappa shape index (κ3) is 3.57. The van der Waals surface area contributed by atoms with Gasteiger partial charge in [-0.3, -0.25) is 4.79 Å². The predicted octanol–water partition coefficient (Wildman–Crippen LogP) is 4.92. The van der Waals surface area contributed by atoms with E-state index in [1.807, 2.05) is 0 Å². The van der Waals surface area contributed by atoms with E-state index >= 15 is 0 Å². The van der Waals surface area contributed by atoms with Crippen LogP contribution in [0.5, 0.6) is 5.75 Å². The van der Waals surface area contributed by atoms with Crippen molar-refractivity contribution in [3.8, 4) is 17.2 Å². The second kappa shape index (κ2) is 7.38. The van der Waals surface area contributed by atoms with Crippen molar-refractivity contribution in [2.45, 2.75) is 6.18 Å². The van der Waals surface area contributed by atoms with Gasteiger partial charge in [0.25, 0.3) is 5.91 Å². The van der Waals surface area contributed by atoms with Gasteiger partial charge in [-0.05, 0) is 30.3 Å². The second-order valence-corrected chi connectivity index (χ2v) is 6.53. The molecule has 1 amide bonds. The molecule has 0 saturated heterocycles. The number of alkyl halides is 3. The number of benzene rings is 1. The number of rotatable bonds is 4. The molecule has 0 unspecified atom stereocenters. The first-order valence-electron chi connectivity index (χ1n) is 8.42. The Kier molecular flexibility index (Phi) is 4.86. The number of amides is 1. The van der Waals surface area contributed by atoms with E-state index in [-0.39, 0.29) is 34.1 Å². The molecule has 154 valence electrons.